The van der Waals surface area contributed by atoms with Crippen molar-refractivity contribution in [2.24, 2.45) is 0 Å². The minimum Gasteiger partial charge on any atom is -0.339 e. The van der Waals surface area contributed by atoms with Gasteiger partial charge in [-0.3, -0.25) is 9.69 Å². The zero-order valence-electron chi connectivity index (χ0n) is 12.9. The van der Waals surface area contributed by atoms with Gasteiger partial charge in [0, 0.05) is 44.3 Å². The number of amides is 1. The van der Waals surface area contributed by atoms with Gasteiger partial charge >= 0.3 is 0 Å². The maximum absolute atomic E-state index is 12.3. The molecule has 0 spiro atoms. The standard InChI is InChI=1S/C14H20N6OS/c1-11-7-20(17-16-11)9-14(21)19-5-3-18(4-6-19)8-13-10-22-12(2)15-13/h7,10H,3-6,8-9H2,1-2H3. The molecule has 0 radical (unpaired) electrons. The second kappa shape index (κ2) is 6.53. The van der Waals surface area contributed by atoms with Crippen LogP contribution in [0.4, 0.5) is 0 Å². The van der Waals surface area contributed by atoms with E-state index in [2.05, 4.69) is 25.6 Å². The molecule has 1 amide bonds. The zero-order chi connectivity index (χ0) is 15.5. The molecule has 1 fully saturated rings. The number of carbonyl (C=O) groups excluding carboxylic acids is 1. The molecule has 1 aliphatic rings. The number of hydrogen-bond acceptors (Lipinski definition) is 6. The van der Waals surface area contributed by atoms with E-state index < -0.39 is 0 Å². The lowest BCUT2D eigenvalue weighted by atomic mass is 10.3. The van der Waals surface area contributed by atoms with Crippen molar-refractivity contribution in [3.05, 3.63) is 28.0 Å². The van der Waals surface area contributed by atoms with E-state index in [0.29, 0.717) is 0 Å². The van der Waals surface area contributed by atoms with Gasteiger partial charge in [0.05, 0.1) is 16.4 Å². The molecule has 0 aliphatic carbocycles. The van der Waals surface area contributed by atoms with E-state index in [-0.39, 0.29) is 12.5 Å². The van der Waals surface area contributed by atoms with E-state index in [1.807, 2.05) is 18.7 Å². The molecular weight excluding hydrogens is 300 g/mol. The van der Waals surface area contributed by atoms with Crippen LogP contribution < -0.4 is 0 Å². The summed E-state index contributed by atoms with van der Waals surface area (Å²) in [4.78, 5) is 21.0. The minimum absolute atomic E-state index is 0.106. The number of aromatic nitrogens is 4. The molecule has 3 rings (SSSR count). The zero-order valence-corrected chi connectivity index (χ0v) is 13.7. The maximum atomic E-state index is 12.3. The number of hydrogen-bond donors (Lipinski definition) is 0. The van der Waals surface area contributed by atoms with Gasteiger partial charge in [-0.25, -0.2) is 9.67 Å². The smallest absolute Gasteiger partial charge is 0.244 e. The summed E-state index contributed by atoms with van der Waals surface area (Å²) in [7, 11) is 0. The van der Waals surface area contributed by atoms with Gasteiger partial charge in [-0.1, -0.05) is 5.21 Å². The molecule has 7 nitrogen and oxygen atoms in total. The molecule has 3 heterocycles. The van der Waals surface area contributed by atoms with Crippen molar-refractivity contribution < 1.29 is 4.79 Å². The lowest BCUT2D eigenvalue weighted by Crippen LogP contribution is -2.49. The Labute approximate surface area is 133 Å². The highest BCUT2D eigenvalue weighted by Gasteiger charge is 2.22. The van der Waals surface area contributed by atoms with Crippen molar-refractivity contribution in [3.63, 3.8) is 0 Å². The Hall–Kier alpha value is -1.80. The van der Waals surface area contributed by atoms with Crippen LogP contribution in [0.3, 0.4) is 0 Å². The van der Waals surface area contributed by atoms with Crippen LogP contribution in [-0.4, -0.2) is 61.9 Å². The van der Waals surface area contributed by atoms with Gasteiger partial charge < -0.3 is 4.90 Å². The van der Waals surface area contributed by atoms with Crippen molar-refractivity contribution in [1.82, 2.24) is 29.8 Å². The number of piperazine rings is 1. The molecule has 8 heteroatoms. The van der Waals surface area contributed by atoms with Crippen molar-refractivity contribution in [2.45, 2.75) is 26.9 Å². The van der Waals surface area contributed by atoms with E-state index in [1.165, 1.54) is 0 Å². The summed E-state index contributed by atoms with van der Waals surface area (Å²) >= 11 is 1.68. The summed E-state index contributed by atoms with van der Waals surface area (Å²) in [5, 5.41) is 11.0. The molecule has 2 aromatic rings. The third-order valence-electron chi connectivity index (χ3n) is 3.73. The SMILES string of the molecule is Cc1cn(CC(=O)N2CCN(Cc3csc(C)n3)CC2)nn1. The number of aryl methyl sites for hydroxylation is 2. The second-order valence-electron chi connectivity index (χ2n) is 5.57. The van der Waals surface area contributed by atoms with Crippen LogP contribution in [-0.2, 0) is 17.9 Å². The maximum Gasteiger partial charge on any atom is 0.244 e. The Morgan fingerprint density at radius 3 is 2.64 bits per heavy atom. The third-order valence-corrected chi connectivity index (χ3v) is 4.55. The first-order valence-electron chi connectivity index (χ1n) is 7.38. The fraction of sp³-hybridized carbons (Fsp3) is 0.571. The lowest BCUT2D eigenvalue weighted by molar-refractivity contribution is -0.133. The number of rotatable bonds is 4. The first kappa shape index (κ1) is 15.1. The summed E-state index contributed by atoms with van der Waals surface area (Å²) in [6, 6.07) is 0. The molecule has 22 heavy (non-hydrogen) atoms. The molecule has 0 aromatic carbocycles. The van der Waals surface area contributed by atoms with Gasteiger partial charge in [-0.2, -0.15) is 0 Å². The average Bonchev–Trinajstić information content (AvgIpc) is 3.08. The number of thiazole rings is 1. The van der Waals surface area contributed by atoms with E-state index in [4.69, 9.17) is 0 Å². The molecule has 0 saturated carbocycles. The van der Waals surface area contributed by atoms with Crippen LogP contribution in [0.2, 0.25) is 0 Å². The van der Waals surface area contributed by atoms with E-state index in [9.17, 15) is 4.79 Å². The molecular formula is C14H20N6OS. The van der Waals surface area contributed by atoms with Gasteiger partial charge in [0.25, 0.3) is 0 Å². The van der Waals surface area contributed by atoms with Gasteiger partial charge in [-0.05, 0) is 13.8 Å². The van der Waals surface area contributed by atoms with Crippen LogP contribution in [0.5, 0.6) is 0 Å². The van der Waals surface area contributed by atoms with Crippen LogP contribution in [0.25, 0.3) is 0 Å². The molecule has 0 bridgehead atoms. The largest absolute Gasteiger partial charge is 0.339 e. The predicted octanol–water partition coefficient (Wildman–Crippen LogP) is 0.696. The highest BCUT2D eigenvalue weighted by atomic mass is 32.1. The van der Waals surface area contributed by atoms with Crippen LogP contribution in [0.15, 0.2) is 11.6 Å². The van der Waals surface area contributed by atoms with Gasteiger partial charge in [-0.15, -0.1) is 16.4 Å². The van der Waals surface area contributed by atoms with Crippen LogP contribution in [0.1, 0.15) is 16.4 Å². The number of carbonyl (C=O) groups is 1. The third kappa shape index (κ3) is 3.69. The molecule has 1 saturated heterocycles. The van der Waals surface area contributed by atoms with Gasteiger partial charge in [0.1, 0.15) is 6.54 Å². The summed E-state index contributed by atoms with van der Waals surface area (Å²) in [6.45, 7) is 8.33. The van der Waals surface area contributed by atoms with Crippen molar-refractivity contribution in [2.75, 3.05) is 26.2 Å². The summed E-state index contributed by atoms with van der Waals surface area (Å²) in [5.41, 5.74) is 1.96. The van der Waals surface area contributed by atoms with Crippen molar-refractivity contribution in [3.8, 4) is 0 Å². The predicted molar refractivity (Wildman–Crippen MR) is 83.5 cm³/mol. The quantitative estimate of drug-likeness (QED) is 0.829. The highest BCUT2D eigenvalue weighted by Crippen LogP contribution is 2.12. The Bertz CT molecular complexity index is 643. The Kier molecular flexibility index (Phi) is 4.49. The van der Waals surface area contributed by atoms with E-state index in [0.717, 1.165) is 49.1 Å². The summed E-state index contributed by atoms with van der Waals surface area (Å²) < 4.78 is 1.60. The van der Waals surface area contributed by atoms with E-state index >= 15 is 0 Å². The van der Waals surface area contributed by atoms with Gasteiger partial charge in [0.2, 0.25) is 5.91 Å². The monoisotopic (exact) mass is 320 g/mol. The van der Waals surface area contributed by atoms with Crippen LogP contribution >= 0.6 is 11.3 Å². The molecule has 118 valence electrons. The van der Waals surface area contributed by atoms with Crippen LogP contribution in [0, 0.1) is 13.8 Å². The molecule has 0 unspecified atom stereocenters. The van der Waals surface area contributed by atoms with Gasteiger partial charge in [0.15, 0.2) is 0 Å². The van der Waals surface area contributed by atoms with Crippen molar-refractivity contribution in [1.29, 1.82) is 0 Å². The first-order chi connectivity index (χ1) is 10.6. The minimum atomic E-state index is 0.106. The van der Waals surface area contributed by atoms with E-state index in [1.54, 1.807) is 22.2 Å². The molecule has 1 aliphatic heterocycles. The Morgan fingerprint density at radius 2 is 2.05 bits per heavy atom. The Morgan fingerprint density at radius 1 is 1.27 bits per heavy atom. The molecule has 0 atom stereocenters. The average molecular weight is 320 g/mol. The molecule has 0 N–H and O–H groups in total. The normalized spacial score (nSPS) is 16.2. The fourth-order valence-corrected chi connectivity index (χ4v) is 3.18. The summed E-state index contributed by atoms with van der Waals surface area (Å²) in [5.74, 6) is 0.106. The summed E-state index contributed by atoms with van der Waals surface area (Å²) in [6.07, 6.45) is 1.79. The highest BCUT2D eigenvalue weighted by molar-refractivity contribution is 7.09. The molecule has 2 aromatic heterocycles. The first-order valence-corrected chi connectivity index (χ1v) is 8.26. The number of nitrogens with zero attached hydrogens (tertiary/aromatic N) is 6. The van der Waals surface area contributed by atoms with Crippen molar-refractivity contribution >= 4 is 17.2 Å². The lowest BCUT2D eigenvalue weighted by Gasteiger charge is -2.34. The fourth-order valence-electron chi connectivity index (χ4n) is 2.58. The second-order valence-corrected chi connectivity index (χ2v) is 6.63. The Balaban J connectivity index is 1.47. The topological polar surface area (TPSA) is 67.2 Å².